The van der Waals surface area contributed by atoms with Crippen LogP contribution in [0.25, 0.3) is 11.1 Å². The van der Waals surface area contributed by atoms with Crippen molar-refractivity contribution in [3.63, 3.8) is 0 Å². The average molecular weight is 598 g/mol. The first-order valence-corrected chi connectivity index (χ1v) is 14.1. The van der Waals surface area contributed by atoms with Crippen molar-refractivity contribution in [2.75, 3.05) is 6.54 Å². The van der Waals surface area contributed by atoms with E-state index in [1.807, 2.05) is 20.8 Å². The van der Waals surface area contributed by atoms with Gasteiger partial charge in [0.25, 0.3) is 0 Å². The number of carbonyl (C=O) groups is 2. The van der Waals surface area contributed by atoms with Crippen molar-refractivity contribution in [1.29, 1.82) is 0 Å². The van der Waals surface area contributed by atoms with Crippen LogP contribution in [0.1, 0.15) is 55.4 Å². The third-order valence-corrected chi connectivity index (χ3v) is 7.93. The number of amides is 2. The van der Waals surface area contributed by atoms with E-state index >= 15 is 0 Å². The van der Waals surface area contributed by atoms with E-state index in [1.165, 1.54) is 46.8 Å². The Bertz CT molecular complexity index is 1420. The molecule has 0 spiro atoms. The number of halogens is 4. The van der Waals surface area contributed by atoms with Crippen molar-refractivity contribution >= 4 is 22.3 Å². The normalized spacial score (nSPS) is 15.1. The van der Waals surface area contributed by atoms with E-state index in [9.17, 15) is 35.6 Å². The van der Waals surface area contributed by atoms with Crippen LogP contribution in [-0.2, 0) is 27.5 Å². The molecule has 0 aliphatic carbocycles. The fourth-order valence-electron chi connectivity index (χ4n) is 3.94. The van der Waals surface area contributed by atoms with Crippen molar-refractivity contribution in [3.05, 3.63) is 77.6 Å². The molecule has 1 aromatic heterocycles. The van der Waals surface area contributed by atoms with Crippen molar-refractivity contribution in [2.45, 2.75) is 57.3 Å². The van der Waals surface area contributed by atoms with Gasteiger partial charge in [0.2, 0.25) is 28.2 Å². The molecule has 1 fully saturated rings. The van der Waals surface area contributed by atoms with Gasteiger partial charge in [-0.2, -0.15) is 17.5 Å². The number of primary amides is 1. The number of hydrogen-bond acceptors (Lipinski definition) is 6. The second kappa shape index (κ2) is 14.6. The van der Waals surface area contributed by atoms with Crippen LogP contribution < -0.4 is 11.1 Å². The Balaban J connectivity index is 0.000000285. The molecule has 1 aliphatic rings. The number of carbonyl (C=O) groups excluding carboxylic acids is 2. The maximum Gasteiger partial charge on any atom is 0.451 e. The minimum absolute atomic E-state index is 0.0371. The van der Waals surface area contributed by atoms with Gasteiger partial charge in [0.05, 0.1) is 4.90 Å². The third kappa shape index (κ3) is 8.79. The first-order valence-electron chi connectivity index (χ1n) is 12.6. The quantitative estimate of drug-likeness (QED) is 0.304. The second-order valence-electron chi connectivity index (χ2n) is 8.59. The molecular formula is C27H31F4N5O4S. The van der Waals surface area contributed by atoms with Crippen molar-refractivity contribution in [1.82, 2.24) is 19.6 Å². The van der Waals surface area contributed by atoms with Crippen LogP contribution in [0.4, 0.5) is 17.6 Å². The molecule has 0 radical (unpaired) electrons. The smallest absolute Gasteiger partial charge is 0.366 e. The second-order valence-corrected chi connectivity index (χ2v) is 10.5. The first-order chi connectivity index (χ1) is 19.3. The summed E-state index contributed by atoms with van der Waals surface area (Å²) in [4.78, 5) is 28.5. The standard InChI is InChI=1S/C14H11F3N4O2.C11H14FNO2S.C2H6/c15-14(16,17)13-20-5-10(6-21-13)8-1-2-11(12(18)23)9(3-8)4-19-7-22;1-9-3-2-8-13(9)16(14,15)11-6-4-10(12)5-7-11;1-2/h1-3,5-7H,4H2,(H2,18,23)(H,19,22);4-7,9H,2-3,8H2,1H3;1-2H3. The zero-order valence-corrected chi connectivity index (χ0v) is 23.5. The molecule has 222 valence electrons. The van der Waals surface area contributed by atoms with Gasteiger partial charge in [-0.1, -0.05) is 19.9 Å². The molecule has 14 heteroatoms. The number of nitrogens with one attached hydrogen (secondary N) is 1. The van der Waals surface area contributed by atoms with Crippen LogP contribution >= 0.6 is 0 Å². The monoisotopic (exact) mass is 597 g/mol. The fraction of sp³-hybridized carbons (Fsp3) is 0.333. The summed E-state index contributed by atoms with van der Waals surface area (Å²) in [7, 11) is -3.44. The Hall–Kier alpha value is -3.91. The summed E-state index contributed by atoms with van der Waals surface area (Å²) in [6.45, 7) is 6.51. The summed E-state index contributed by atoms with van der Waals surface area (Å²) in [6.07, 6.45) is -0.313. The van der Waals surface area contributed by atoms with E-state index in [-0.39, 0.29) is 23.0 Å². The van der Waals surface area contributed by atoms with Gasteiger partial charge in [0, 0.05) is 42.7 Å². The summed E-state index contributed by atoms with van der Waals surface area (Å²) in [5, 5.41) is 2.40. The van der Waals surface area contributed by atoms with E-state index in [0.717, 1.165) is 25.2 Å². The molecule has 2 amide bonds. The Morgan fingerprint density at radius 2 is 1.71 bits per heavy atom. The maximum atomic E-state index is 12.7. The van der Waals surface area contributed by atoms with Gasteiger partial charge in [0.1, 0.15) is 5.82 Å². The Kier molecular flexibility index (Phi) is 11.9. The number of hydrogen-bond donors (Lipinski definition) is 2. The van der Waals surface area contributed by atoms with E-state index in [2.05, 4.69) is 15.3 Å². The van der Waals surface area contributed by atoms with Crippen LogP contribution in [0.15, 0.2) is 59.8 Å². The van der Waals surface area contributed by atoms with Crippen LogP contribution in [-0.4, -0.2) is 47.6 Å². The summed E-state index contributed by atoms with van der Waals surface area (Å²) in [5.41, 5.74) is 6.70. The number of sulfonamides is 1. The number of alkyl halides is 3. The minimum atomic E-state index is -4.62. The number of nitrogens with zero attached hydrogens (tertiary/aromatic N) is 3. The predicted molar refractivity (Wildman–Crippen MR) is 144 cm³/mol. The third-order valence-electron chi connectivity index (χ3n) is 5.90. The topological polar surface area (TPSA) is 135 Å². The van der Waals surface area contributed by atoms with Gasteiger partial charge >= 0.3 is 6.18 Å². The number of aromatic nitrogens is 2. The van der Waals surface area contributed by atoms with Gasteiger partial charge in [-0.05, 0) is 67.3 Å². The van der Waals surface area contributed by atoms with E-state index in [1.54, 1.807) is 0 Å². The molecule has 1 unspecified atom stereocenters. The Morgan fingerprint density at radius 1 is 1.10 bits per heavy atom. The molecule has 2 aromatic carbocycles. The molecule has 0 bridgehead atoms. The zero-order valence-electron chi connectivity index (χ0n) is 22.7. The molecule has 1 atom stereocenters. The molecule has 1 saturated heterocycles. The van der Waals surface area contributed by atoms with Crippen molar-refractivity contribution in [3.8, 4) is 11.1 Å². The predicted octanol–water partition coefficient (Wildman–Crippen LogP) is 4.53. The highest BCUT2D eigenvalue weighted by Crippen LogP contribution is 2.28. The summed E-state index contributed by atoms with van der Waals surface area (Å²) < 4.78 is 75.9. The van der Waals surface area contributed by atoms with Gasteiger partial charge in [-0.15, -0.1) is 0 Å². The maximum absolute atomic E-state index is 12.7. The van der Waals surface area contributed by atoms with Crippen LogP contribution in [0, 0.1) is 5.82 Å². The van der Waals surface area contributed by atoms with Gasteiger partial charge in [-0.3, -0.25) is 9.59 Å². The van der Waals surface area contributed by atoms with Crippen LogP contribution in [0.5, 0.6) is 0 Å². The lowest BCUT2D eigenvalue weighted by Gasteiger charge is -2.20. The molecule has 1 aliphatic heterocycles. The zero-order chi connectivity index (χ0) is 30.8. The lowest BCUT2D eigenvalue weighted by molar-refractivity contribution is -0.145. The summed E-state index contributed by atoms with van der Waals surface area (Å²) >= 11 is 0. The SMILES string of the molecule is CC.CC1CCCN1S(=O)(=O)c1ccc(F)cc1.NC(=O)c1ccc(-c2cnc(C(F)(F)F)nc2)cc1CNC=O. The minimum Gasteiger partial charge on any atom is -0.366 e. The van der Waals surface area contributed by atoms with E-state index < -0.39 is 33.7 Å². The number of benzene rings is 2. The van der Waals surface area contributed by atoms with Gasteiger partial charge < -0.3 is 11.1 Å². The van der Waals surface area contributed by atoms with Crippen LogP contribution in [0.3, 0.4) is 0 Å². The van der Waals surface area contributed by atoms with Crippen LogP contribution in [0.2, 0.25) is 0 Å². The molecule has 3 N–H and O–H groups in total. The summed E-state index contributed by atoms with van der Waals surface area (Å²) in [6, 6.07) is 9.48. The van der Waals surface area contributed by atoms with Gasteiger partial charge in [-0.25, -0.2) is 22.8 Å². The van der Waals surface area contributed by atoms with E-state index in [0.29, 0.717) is 29.6 Å². The number of rotatable bonds is 7. The van der Waals surface area contributed by atoms with Crippen molar-refractivity contribution < 1.29 is 35.6 Å². The lowest BCUT2D eigenvalue weighted by atomic mass is 10.00. The highest BCUT2D eigenvalue weighted by molar-refractivity contribution is 7.89. The fourth-order valence-corrected chi connectivity index (χ4v) is 5.64. The van der Waals surface area contributed by atoms with Crippen molar-refractivity contribution in [2.24, 2.45) is 5.73 Å². The lowest BCUT2D eigenvalue weighted by Crippen LogP contribution is -2.33. The molecule has 4 rings (SSSR count). The van der Waals surface area contributed by atoms with Gasteiger partial charge in [0.15, 0.2) is 0 Å². The largest absolute Gasteiger partial charge is 0.451 e. The molecule has 2 heterocycles. The highest BCUT2D eigenvalue weighted by Gasteiger charge is 2.34. The average Bonchev–Trinajstić information content (AvgIpc) is 3.39. The Morgan fingerprint density at radius 3 is 2.20 bits per heavy atom. The molecule has 9 nitrogen and oxygen atoms in total. The number of nitrogens with two attached hydrogens (primary N) is 1. The summed E-state index contributed by atoms with van der Waals surface area (Å²) in [5.74, 6) is -2.34. The molecule has 41 heavy (non-hydrogen) atoms. The Labute approximate surface area is 235 Å². The van der Waals surface area contributed by atoms with E-state index in [4.69, 9.17) is 5.73 Å². The highest BCUT2D eigenvalue weighted by atomic mass is 32.2. The molecule has 3 aromatic rings. The molecular weight excluding hydrogens is 566 g/mol. The first kappa shape index (κ1) is 33.3. The molecule has 0 saturated carbocycles.